The molecule has 0 unspecified atom stereocenters. The molecule has 0 aliphatic heterocycles. The molecule has 1 amide bonds. The van der Waals surface area contributed by atoms with Gasteiger partial charge in [0.15, 0.2) is 5.43 Å². The average molecular weight is 382 g/mol. The fourth-order valence-electron chi connectivity index (χ4n) is 3.66. The second kappa shape index (κ2) is 7.76. The SMILES string of the molecule is Cc1cccc(-c2c(NC(=O)Cc3ccccc3)n(C)c3ccccc3c2=O)c1. The van der Waals surface area contributed by atoms with E-state index in [-0.39, 0.29) is 17.8 Å². The maximum atomic E-state index is 13.4. The number of aryl methyl sites for hydroxylation is 2. The number of hydrogen-bond donors (Lipinski definition) is 1. The molecule has 0 saturated heterocycles. The van der Waals surface area contributed by atoms with Gasteiger partial charge < -0.3 is 9.88 Å². The van der Waals surface area contributed by atoms with Crippen molar-refractivity contribution >= 4 is 22.6 Å². The third-order valence-electron chi connectivity index (χ3n) is 5.08. The van der Waals surface area contributed by atoms with E-state index in [2.05, 4.69) is 5.32 Å². The van der Waals surface area contributed by atoms with Crippen molar-refractivity contribution in [3.63, 3.8) is 0 Å². The van der Waals surface area contributed by atoms with Crippen molar-refractivity contribution < 1.29 is 4.79 Å². The third kappa shape index (κ3) is 3.69. The Hall–Kier alpha value is -3.66. The number of carbonyl (C=O) groups is 1. The van der Waals surface area contributed by atoms with Gasteiger partial charge in [0.2, 0.25) is 5.91 Å². The highest BCUT2D eigenvalue weighted by Gasteiger charge is 2.19. The largest absolute Gasteiger partial charge is 0.330 e. The van der Waals surface area contributed by atoms with Crippen LogP contribution in [0.3, 0.4) is 0 Å². The molecule has 1 heterocycles. The fourth-order valence-corrected chi connectivity index (χ4v) is 3.66. The van der Waals surface area contributed by atoms with Crippen molar-refractivity contribution in [2.45, 2.75) is 13.3 Å². The predicted molar refractivity (Wildman–Crippen MR) is 118 cm³/mol. The highest BCUT2D eigenvalue weighted by molar-refractivity contribution is 5.98. The topological polar surface area (TPSA) is 51.1 Å². The highest BCUT2D eigenvalue weighted by atomic mass is 16.1. The molecule has 0 aliphatic carbocycles. The number of carbonyl (C=O) groups excluding carboxylic acids is 1. The fraction of sp³-hybridized carbons (Fsp3) is 0.120. The van der Waals surface area contributed by atoms with Crippen molar-refractivity contribution in [1.82, 2.24) is 4.57 Å². The van der Waals surface area contributed by atoms with E-state index in [0.717, 1.165) is 22.2 Å². The molecule has 29 heavy (non-hydrogen) atoms. The van der Waals surface area contributed by atoms with Crippen molar-refractivity contribution in [2.24, 2.45) is 7.05 Å². The zero-order valence-corrected chi connectivity index (χ0v) is 16.5. The molecule has 0 spiro atoms. The Morgan fingerprint density at radius 2 is 1.66 bits per heavy atom. The van der Waals surface area contributed by atoms with Gasteiger partial charge in [0.1, 0.15) is 5.82 Å². The van der Waals surface area contributed by atoms with E-state index < -0.39 is 0 Å². The molecule has 4 nitrogen and oxygen atoms in total. The first-order valence-corrected chi connectivity index (χ1v) is 9.57. The summed E-state index contributed by atoms with van der Waals surface area (Å²) in [6.45, 7) is 1.99. The molecule has 1 N–H and O–H groups in total. The quantitative estimate of drug-likeness (QED) is 0.556. The molecule has 0 fully saturated rings. The van der Waals surface area contributed by atoms with Gasteiger partial charge in [-0.25, -0.2) is 0 Å². The van der Waals surface area contributed by atoms with Gasteiger partial charge in [0.05, 0.1) is 17.5 Å². The first kappa shape index (κ1) is 18.7. The van der Waals surface area contributed by atoms with Gasteiger partial charge in [-0.15, -0.1) is 0 Å². The number of para-hydroxylation sites is 1. The van der Waals surface area contributed by atoms with Gasteiger partial charge in [-0.2, -0.15) is 0 Å². The number of nitrogens with one attached hydrogen (secondary N) is 1. The molecule has 1 aromatic heterocycles. The zero-order chi connectivity index (χ0) is 20.4. The van der Waals surface area contributed by atoms with Crippen LogP contribution in [0.15, 0.2) is 83.7 Å². The lowest BCUT2D eigenvalue weighted by Crippen LogP contribution is -2.22. The number of fused-ring (bicyclic) bond motifs is 1. The van der Waals surface area contributed by atoms with Crippen LogP contribution in [0, 0.1) is 6.92 Å². The molecule has 3 aromatic carbocycles. The number of pyridine rings is 1. The van der Waals surface area contributed by atoms with Gasteiger partial charge in [0.25, 0.3) is 0 Å². The summed E-state index contributed by atoms with van der Waals surface area (Å²) in [6, 6.07) is 24.8. The average Bonchev–Trinajstić information content (AvgIpc) is 2.73. The van der Waals surface area contributed by atoms with Crippen molar-refractivity contribution in [3.05, 3.63) is 100 Å². The van der Waals surface area contributed by atoms with Crippen LogP contribution in [-0.2, 0) is 18.3 Å². The molecular formula is C25H22N2O2. The number of nitrogens with zero attached hydrogens (tertiary/aromatic N) is 1. The van der Waals surface area contributed by atoms with Crippen LogP contribution in [0.25, 0.3) is 22.0 Å². The van der Waals surface area contributed by atoms with Gasteiger partial charge in [-0.3, -0.25) is 9.59 Å². The summed E-state index contributed by atoms with van der Waals surface area (Å²) >= 11 is 0. The maximum absolute atomic E-state index is 13.4. The van der Waals surface area contributed by atoms with E-state index in [1.807, 2.05) is 97.4 Å². The van der Waals surface area contributed by atoms with E-state index in [1.165, 1.54) is 0 Å². The normalized spacial score (nSPS) is 10.8. The Morgan fingerprint density at radius 3 is 2.41 bits per heavy atom. The third-order valence-corrected chi connectivity index (χ3v) is 5.08. The number of anilines is 1. The van der Waals surface area contributed by atoms with E-state index >= 15 is 0 Å². The first-order valence-electron chi connectivity index (χ1n) is 9.57. The smallest absolute Gasteiger partial charge is 0.229 e. The lowest BCUT2D eigenvalue weighted by molar-refractivity contribution is -0.115. The number of rotatable bonds is 4. The minimum Gasteiger partial charge on any atom is -0.330 e. The molecule has 4 heteroatoms. The zero-order valence-electron chi connectivity index (χ0n) is 16.5. The summed E-state index contributed by atoms with van der Waals surface area (Å²) in [5, 5.41) is 3.63. The number of aromatic nitrogens is 1. The van der Waals surface area contributed by atoms with E-state index in [9.17, 15) is 9.59 Å². The summed E-state index contributed by atoms with van der Waals surface area (Å²) in [4.78, 5) is 26.2. The molecule has 144 valence electrons. The van der Waals surface area contributed by atoms with Gasteiger partial charge in [-0.1, -0.05) is 72.3 Å². The van der Waals surface area contributed by atoms with Gasteiger partial charge >= 0.3 is 0 Å². The van der Waals surface area contributed by atoms with Crippen LogP contribution < -0.4 is 10.7 Å². The van der Waals surface area contributed by atoms with Gasteiger partial charge in [-0.05, 0) is 30.2 Å². The second-order valence-corrected chi connectivity index (χ2v) is 7.21. The summed E-state index contributed by atoms with van der Waals surface area (Å²) < 4.78 is 1.89. The summed E-state index contributed by atoms with van der Waals surface area (Å²) in [6.07, 6.45) is 0.245. The minimum absolute atomic E-state index is 0.0840. The monoisotopic (exact) mass is 382 g/mol. The number of benzene rings is 3. The van der Waals surface area contributed by atoms with Crippen LogP contribution in [-0.4, -0.2) is 10.5 Å². The van der Waals surface area contributed by atoms with Crippen LogP contribution in [0.5, 0.6) is 0 Å². The lowest BCUT2D eigenvalue weighted by Gasteiger charge is -2.18. The Labute approximate surface area is 169 Å². The standard InChI is InChI=1S/C25H22N2O2/c1-17-9-8-12-19(15-17)23-24(29)20-13-6-7-14-21(20)27(2)25(23)26-22(28)16-18-10-4-3-5-11-18/h3-15H,16H2,1-2H3,(H,26,28). The summed E-state index contributed by atoms with van der Waals surface area (Å²) in [7, 11) is 1.87. The van der Waals surface area contributed by atoms with Crippen LogP contribution >= 0.6 is 0 Å². The molecule has 0 atom stereocenters. The minimum atomic E-state index is -0.157. The Balaban J connectivity index is 1.87. The number of hydrogen-bond acceptors (Lipinski definition) is 2. The Kier molecular flexibility index (Phi) is 5.00. The summed E-state index contributed by atoms with van der Waals surface area (Å²) in [5.41, 5.74) is 3.98. The Bertz CT molecular complexity index is 1260. The molecule has 0 saturated carbocycles. The van der Waals surface area contributed by atoms with Crippen LogP contribution in [0.2, 0.25) is 0 Å². The highest BCUT2D eigenvalue weighted by Crippen LogP contribution is 2.29. The van der Waals surface area contributed by atoms with Gasteiger partial charge in [0, 0.05) is 12.4 Å². The summed E-state index contributed by atoms with van der Waals surface area (Å²) in [5.74, 6) is 0.357. The van der Waals surface area contributed by atoms with E-state index in [4.69, 9.17) is 0 Å². The molecular weight excluding hydrogens is 360 g/mol. The predicted octanol–water partition coefficient (Wildman–Crippen LogP) is 4.70. The first-order chi connectivity index (χ1) is 14.0. The molecule has 0 aliphatic rings. The molecule has 4 rings (SSSR count). The molecule has 0 radical (unpaired) electrons. The van der Waals surface area contributed by atoms with E-state index in [0.29, 0.717) is 16.8 Å². The number of amides is 1. The Morgan fingerprint density at radius 1 is 0.931 bits per heavy atom. The van der Waals surface area contributed by atoms with Crippen molar-refractivity contribution in [1.29, 1.82) is 0 Å². The maximum Gasteiger partial charge on any atom is 0.229 e. The molecule has 0 bridgehead atoms. The van der Waals surface area contributed by atoms with Crippen molar-refractivity contribution in [2.75, 3.05) is 5.32 Å². The van der Waals surface area contributed by atoms with Crippen LogP contribution in [0.1, 0.15) is 11.1 Å². The lowest BCUT2D eigenvalue weighted by atomic mass is 10.0. The van der Waals surface area contributed by atoms with Crippen molar-refractivity contribution in [3.8, 4) is 11.1 Å². The van der Waals surface area contributed by atoms with E-state index in [1.54, 1.807) is 0 Å². The molecule has 4 aromatic rings. The van der Waals surface area contributed by atoms with Crippen LogP contribution in [0.4, 0.5) is 5.82 Å². The second-order valence-electron chi connectivity index (χ2n) is 7.21.